The lowest BCUT2D eigenvalue weighted by Gasteiger charge is -2.24. The van der Waals surface area contributed by atoms with Crippen LogP contribution in [-0.4, -0.2) is 37.2 Å². The maximum Gasteiger partial charge on any atom is 0.326 e. The molecule has 1 unspecified atom stereocenters. The van der Waals surface area contributed by atoms with Crippen molar-refractivity contribution in [1.29, 1.82) is 0 Å². The molecule has 1 aliphatic heterocycles. The molecule has 1 fully saturated rings. The Morgan fingerprint density at radius 1 is 1.35 bits per heavy atom. The third-order valence-electron chi connectivity index (χ3n) is 3.94. The van der Waals surface area contributed by atoms with E-state index in [9.17, 15) is 24.8 Å². The van der Waals surface area contributed by atoms with Gasteiger partial charge in [-0.25, -0.2) is 4.79 Å². The van der Waals surface area contributed by atoms with Crippen molar-refractivity contribution in [2.24, 2.45) is 5.92 Å². The van der Waals surface area contributed by atoms with Gasteiger partial charge in [-0.1, -0.05) is 37.8 Å². The van der Waals surface area contributed by atoms with E-state index in [-0.39, 0.29) is 15.9 Å². The molecule has 2 rings (SSSR count). The third-order valence-corrected chi connectivity index (χ3v) is 5.45. The first-order valence-electron chi connectivity index (χ1n) is 7.87. The summed E-state index contributed by atoms with van der Waals surface area (Å²) in [6, 6.07) is 4.83. The highest BCUT2D eigenvalue weighted by atomic mass is 32.2. The molecule has 1 atom stereocenters. The maximum atomic E-state index is 12.8. The fraction of sp³-hybridized carbons (Fsp3) is 0.353. The molecule has 9 heteroatoms. The minimum absolute atomic E-state index is 0.0445. The van der Waals surface area contributed by atoms with Crippen molar-refractivity contribution in [3.8, 4) is 0 Å². The van der Waals surface area contributed by atoms with Gasteiger partial charge in [0.15, 0.2) is 0 Å². The number of non-ortho nitro benzene ring substituents is 1. The lowest BCUT2D eigenvalue weighted by Crippen LogP contribution is -2.44. The molecule has 0 bridgehead atoms. The third kappa shape index (κ3) is 4.10. The van der Waals surface area contributed by atoms with Gasteiger partial charge in [-0.15, -0.1) is 0 Å². The summed E-state index contributed by atoms with van der Waals surface area (Å²) in [5.74, 6) is -1.45. The standard InChI is InChI=1S/C17H18N2O5S2/c1-9(2)8-13(16(21)22)18-15(20)14(26-17(18)25)10(3)11-4-6-12(7-5-11)19(23)24/h4-7,9,13H,8H2,1-3H3,(H,21,22)/b14-10-. The van der Waals surface area contributed by atoms with Gasteiger partial charge in [0.05, 0.1) is 9.83 Å². The Bertz CT molecular complexity index is 802. The van der Waals surface area contributed by atoms with Crippen LogP contribution < -0.4 is 0 Å². The van der Waals surface area contributed by atoms with Gasteiger partial charge in [-0.05, 0) is 42.5 Å². The van der Waals surface area contributed by atoms with Crippen LogP contribution in [-0.2, 0) is 9.59 Å². The van der Waals surface area contributed by atoms with Gasteiger partial charge in [0.25, 0.3) is 11.6 Å². The van der Waals surface area contributed by atoms with Crippen LogP contribution in [0.15, 0.2) is 29.2 Å². The minimum Gasteiger partial charge on any atom is -0.480 e. The number of hydrogen-bond acceptors (Lipinski definition) is 6. The normalized spacial score (nSPS) is 17.6. The number of carbonyl (C=O) groups is 2. The number of allylic oxidation sites excluding steroid dienone is 1. The number of thiocarbonyl (C=S) groups is 1. The van der Waals surface area contributed by atoms with E-state index in [0.29, 0.717) is 22.5 Å². The zero-order valence-electron chi connectivity index (χ0n) is 14.5. The molecule has 1 aromatic rings. The highest BCUT2D eigenvalue weighted by molar-refractivity contribution is 8.26. The van der Waals surface area contributed by atoms with Crippen LogP contribution in [0.2, 0.25) is 0 Å². The Labute approximate surface area is 160 Å². The molecule has 7 nitrogen and oxygen atoms in total. The Morgan fingerprint density at radius 2 is 1.92 bits per heavy atom. The van der Waals surface area contributed by atoms with E-state index >= 15 is 0 Å². The number of carbonyl (C=O) groups excluding carboxylic acids is 1. The highest BCUT2D eigenvalue weighted by Crippen LogP contribution is 2.38. The van der Waals surface area contributed by atoms with Crippen LogP contribution in [0.3, 0.4) is 0 Å². The number of carboxylic acids is 1. The van der Waals surface area contributed by atoms with Gasteiger partial charge in [0.2, 0.25) is 0 Å². The van der Waals surface area contributed by atoms with E-state index in [1.54, 1.807) is 19.1 Å². The van der Waals surface area contributed by atoms with Crippen LogP contribution in [0.25, 0.3) is 5.57 Å². The van der Waals surface area contributed by atoms with E-state index in [0.717, 1.165) is 16.7 Å². The smallest absolute Gasteiger partial charge is 0.326 e. The van der Waals surface area contributed by atoms with Crippen LogP contribution in [0.5, 0.6) is 0 Å². The number of rotatable bonds is 6. The van der Waals surface area contributed by atoms with Crippen LogP contribution in [0.4, 0.5) is 5.69 Å². The number of thioether (sulfide) groups is 1. The Morgan fingerprint density at radius 3 is 2.38 bits per heavy atom. The molecule has 1 aliphatic rings. The SMILES string of the molecule is C/C(=C1/SC(=S)N(C(CC(C)C)C(=O)O)C1=O)c1ccc([N+](=O)[O-])cc1. The molecule has 1 aromatic carbocycles. The summed E-state index contributed by atoms with van der Waals surface area (Å²) in [7, 11) is 0. The maximum absolute atomic E-state index is 12.8. The fourth-order valence-corrected chi connectivity index (χ4v) is 4.01. The van der Waals surface area contributed by atoms with Gasteiger partial charge in [-0.3, -0.25) is 19.8 Å². The van der Waals surface area contributed by atoms with E-state index < -0.39 is 22.8 Å². The zero-order chi connectivity index (χ0) is 19.6. The van der Waals surface area contributed by atoms with Crippen molar-refractivity contribution in [3.63, 3.8) is 0 Å². The van der Waals surface area contributed by atoms with Crippen molar-refractivity contribution in [1.82, 2.24) is 4.90 Å². The van der Waals surface area contributed by atoms with Crippen molar-refractivity contribution < 1.29 is 19.6 Å². The summed E-state index contributed by atoms with van der Waals surface area (Å²) >= 11 is 6.31. The number of carboxylic acid groups (broad SMARTS) is 1. The lowest BCUT2D eigenvalue weighted by atomic mass is 10.0. The summed E-state index contributed by atoms with van der Waals surface area (Å²) in [6.45, 7) is 5.48. The molecule has 26 heavy (non-hydrogen) atoms. The largest absolute Gasteiger partial charge is 0.480 e. The second-order valence-electron chi connectivity index (χ2n) is 6.28. The second kappa shape index (κ2) is 7.96. The molecule has 0 aromatic heterocycles. The molecule has 0 saturated carbocycles. The topological polar surface area (TPSA) is 101 Å². The number of nitro benzene ring substituents is 1. The molecular formula is C17H18N2O5S2. The Kier molecular flexibility index (Phi) is 6.14. The monoisotopic (exact) mass is 394 g/mol. The number of benzene rings is 1. The zero-order valence-corrected chi connectivity index (χ0v) is 16.1. The minimum atomic E-state index is -1.09. The van der Waals surface area contributed by atoms with Gasteiger partial charge in [0, 0.05) is 12.1 Å². The number of aliphatic carboxylic acids is 1. The van der Waals surface area contributed by atoms with Gasteiger partial charge >= 0.3 is 5.97 Å². The van der Waals surface area contributed by atoms with Crippen LogP contribution in [0.1, 0.15) is 32.8 Å². The van der Waals surface area contributed by atoms with E-state index in [2.05, 4.69) is 0 Å². The predicted octanol–water partition coefficient (Wildman–Crippen LogP) is 3.69. The number of hydrogen-bond donors (Lipinski definition) is 1. The predicted molar refractivity (Wildman–Crippen MR) is 104 cm³/mol. The van der Waals surface area contributed by atoms with Crippen molar-refractivity contribution in [2.75, 3.05) is 0 Å². The van der Waals surface area contributed by atoms with Crippen LogP contribution in [0, 0.1) is 16.0 Å². The van der Waals surface area contributed by atoms with Crippen molar-refractivity contribution in [2.45, 2.75) is 33.2 Å². The highest BCUT2D eigenvalue weighted by Gasteiger charge is 2.41. The van der Waals surface area contributed by atoms with E-state index in [4.69, 9.17) is 12.2 Å². The lowest BCUT2D eigenvalue weighted by molar-refractivity contribution is -0.384. The van der Waals surface area contributed by atoms with Gasteiger partial charge in [0.1, 0.15) is 10.4 Å². The number of nitro groups is 1. The molecule has 1 saturated heterocycles. The molecular weight excluding hydrogens is 376 g/mol. The molecule has 0 aliphatic carbocycles. The summed E-state index contributed by atoms with van der Waals surface area (Å²) in [5, 5.41) is 20.3. The molecule has 1 heterocycles. The van der Waals surface area contributed by atoms with Crippen molar-refractivity contribution >= 4 is 51.4 Å². The Balaban J connectivity index is 2.37. The number of nitrogens with zero attached hydrogens (tertiary/aromatic N) is 2. The molecule has 0 radical (unpaired) electrons. The molecule has 1 amide bonds. The quantitative estimate of drug-likeness (QED) is 0.340. The number of amides is 1. The average Bonchev–Trinajstić information content (AvgIpc) is 2.86. The second-order valence-corrected chi connectivity index (χ2v) is 7.93. The van der Waals surface area contributed by atoms with Gasteiger partial charge < -0.3 is 5.11 Å². The first-order valence-corrected chi connectivity index (χ1v) is 9.09. The molecule has 1 N–H and O–H groups in total. The summed E-state index contributed by atoms with van der Waals surface area (Å²) in [6.07, 6.45) is 0.297. The first kappa shape index (κ1) is 20.1. The molecule has 0 spiro atoms. The van der Waals surface area contributed by atoms with Gasteiger partial charge in [-0.2, -0.15) is 0 Å². The fourth-order valence-electron chi connectivity index (χ4n) is 2.61. The summed E-state index contributed by atoms with van der Waals surface area (Å²) in [5.41, 5.74) is 1.21. The molecule has 138 valence electrons. The first-order chi connectivity index (χ1) is 12.1. The van der Waals surface area contributed by atoms with E-state index in [1.165, 1.54) is 12.1 Å². The van der Waals surface area contributed by atoms with Crippen molar-refractivity contribution in [3.05, 3.63) is 44.8 Å². The van der Waals surface area contributed by atoms with E-state index in [1.807, 2.05) is 13.8 Å². The van der Waals surface area contributed by atoms with Crippen LogP contribution >= 0.6 is 24.0 Å². The summed E-state index contributed by atoms with van der Waals surface area (Å²) < 4.78 is 0.208. The Hall–Kier alpha value is -2.26. The summed E-state index contributed by atoms with van der Waals surface area (Å²) in [4.78, 5) is 36.2. The average molecular weight is 394 g/mol.